The first-order valence-electron chi connectivity index (χ1n) is 5.28. The van der Waals surface area contributed by atoms with Gasteiger partial charge in [0.25, 0.3) is 0 Å². The third-order valence-electron chi connectivity index (χ3n) is 2.17. The second-order valence-electron chi connectivity index (χ2n) is 5.14. The Morgan fingerprint density at radius 1 is 1.44 bits per heavy atom. The minimum Gasteiger partial charge on any atom is -0.397 e. The van der Waals surface area contributed by atoms with Gasteiger partial charge in [0.15, 0.2) is 0 Å². The first-order chi connectivity index (χ1) is 7.29. The van der Waals surface area contributed by atoms with Crippen molar-refractivity contribution in [1.82, 2.24) is 4.98 Å². The van der Waals surface area contributed by atoms with Gasteiger partial charge in [-0.15, -0.1) is 0 Å². The summed E-state index contributed by atoms with van der Waals surface area (Å²) < 4.78 is 0. The number of aromatic nitrogens is 1. The number of nitrogen functional groups attached to an aromatic ring is 1. The molecule has 0 aliphatic heterocycles. The molecule has 0 fully saturated rings. The van der Waals surface area contributed by atoms with Crippen LogP contribution in [0.1, 0.15) is 27.2 Å². The lowest BCUT2D eigenvalue weighted by Gasteiger charge is -2.22. The fourth-order valence-electron chi connectivity index (χ4n) is 1.30. The number of carbonyl (C=O) groups excluding carboxylic acids is 1. The van der Waals surface area contributed by atoms with E-state index in [1.807, 2.05) is 20.8 Å². The summed E-state index contributed by atoms with van der Waals surface area (Å²) >= 11 is 0. The number of hydrogen-bond acceptors (Lipinski definition) is 3. The van der Waals surface area contributed by atoms with Gasteiger partial charge in [-0.05, 0) is 17.5 Å². The Morgan fingerprint density at radius 2 is 2.06 bits per heavy atom. The number of hydrogen-bond donors (Lipinski definition) is 1. The predicted octanol–water partition coefficient (Wildman–Crippen LogP) is 2.06. The van der Waals surface area contributed by atoms with E-state index in [-0.39, 0.29) is 11.3 Å². The molecule has 0 aliphatic rings. The van der Waals surface area contributed by atoms with E-state index < -0.39 is 0 Å². The molecule has 1 aromatic rings. The number of nitrogens with two attached hydrogens (primary N) is 1. The fourth-order valence-corrected chi connectivity index (χ4v) is 1.30. The number of carbonyl (C=O) groups is 1. The molecule has 1 heterocycles. The summed E-state index contributed by atoms with van der Waals surface area (Å²) in [6, 6.07) is 3.49. The Morgan fingerprint density at radius 3 is 2.50 bits per heavy atom. The molecule has 1 rings (SSSR count). The van der Waals surface area contributed by atoms with Gasteiger partial charge < -0.3 is 5.73 Å². The van der Waals surface area contributed by atoms with Crippen LogP contribution < -0.4 is 10.6 Å². The smallest absolute Gasteiger partial charge is 0.228 e. The molecule has 2 N–H and O–H groups in total. The van der Waals surface area contributed by atoms with E-state index in [4.69, 9.17) is 5.73 Å². The Kier molecular flexibility index (Phi) is 3.52. The van der Waals surface area contributed by atoms with Gasteiger partial charge in [-0.2, -0.15) is 0 Å². The quantitative estimate of drug-likeness (QED) is 0.831. The molecule has 4 nitrogen and oxygen atoms in total. The highest BCUT2D eigenvalue weighted by atomic mass is 16.2. The Balaban J connectivity index is 2.74. The SMILES string of the molecule is CN(C(=O)CC(C)(C)C)c1ccc(N)cn1. The van der Waals surface area contributed by atoms with Crippen LogP contribution in [0.3, 0.4) is 0 Å². The summed E-state index contributed by atoms with van der Waals surface area (Å²) in [6.45, 7) is 6.11. The van der Waals surface area contributed by atoms with E-state index >= 15 is 0 Å². The highest BCUT2D eigenvalue weighted by molar-refractivity contribution is 5.92. The molecule has 0 radical (unpaired) electrons. The topological polar surface area (TPSA) is 59.2 Å². The van der Waals surface area contributed by atoms with Crippen LogP contribution in [0.25, 0.3) is 0 Å². The van der Waals surface area contributed by atoms with Crippen molar-refractivity contribution in [2.75, 3.05) is 17.7 Å². The van der Waals surface area contributed by atoms with Gasteiger partial charge in [0.05, 0.1) is 11.9 Å². The molecule has 0 aliphatic carbocycles. The van der Waals surface area contributed by atoms with E-state index in [0.717, 1.165) is 0 Å². The molecule has 0 saturated heterocycles. The molecular formula is C12H19N3O. The maximum absolute atomic E-state index is 11.9. The summed E-state index contributed by atoms with van der Waals surface area (Å²) in [5.74, 6) is 0.688. The highest BCUT2D eigenvalue weighted by Gasteiger charge is 2.20. The maximum Gasteiger partial charge on any atom is 0.228 e. The van der Waals surface area contributed by atoms with E-state index in [1.54, 1.807) is 30.3 Å². The maximum atomic E-state index is 11.9. The van der Waals surface area contributed by atoms with Gasteiger partial charge in [-0.3, -0.25) is 9.69 Å². The second kappa shape index (κ2) is 4.51. The molecule has 0 saturated carbocycles. The summed E-state index contributed by atoms with van der Waals surface area (Å²) in [5, 5.41) is 0. The summed E-state index contributed by atoms with van der Waals surface area (Å²) in [6.07, 6.45) is 2.05. The van der Waals surface area contributed by atoms with Crippen molar-refractivity contribution in [2.24, 2.45) is 5.41 Å². The van der Waals surface area contributed by atoms with Crippen molar-refractivity contribution < 1.29 is 4.79 Å². The average Bonchev–Trinajstić information content (AvgIpc) is 2.15. The minimum absolute atomic E-state index is 0.0147. The van der Waals surface area contributed by atoms with Crippen molar-refractivity contribution >= 4 is 17.4 Å². The molecule has 88 valence electrons. The first-order valence-corrected chi connectivity index (χ1v) is 5.28. The van der Waals surface area contributed by atoms with Gasteiger partial charge in [0.2, 0.25) is 5.91 Å². The van der Waals surface area contributed by atoms with Crippen molar-refractivity contribution in [3.63, 3.8) is 0 Å². The third kappa shape index (κ3) is 3.53. The average molecular weight is 221 g/mol. The van der Waals surface area contributed by atoms with E-state index in [2.05, 4.69) is 4.98 Å². The van der Waals surface area contributed by atoms with Crippen molar-refractivity contribution in [3.05, 3.63) is 18.3 Å². The third-order valence-corrected chi connectivity index (χ3v) is 2.17. The van der Waals surface area contributed by atoms with Crippen LogP contribution in [0, 0.1) is 5.41 Å². The van der Waals surface area contributed by atoms with Crippen molar-refractivity contribution in [3.8, 4) is 0 Å². The van der Waals surface area contributed by atoms with Gasteiger partial charge in [0, 0.05) is 13.5 Å². The lowest BCUT2D eigenvalue weighted by atomic mass is 9.92. The number of anilines is 2. The van der Waals surface area contributed by atoms with Crippen LogP contribution in [-0.2, 0) is 4.79 Å². The summed E-state index contributed by atoms with van der Waals surface area (Å²) in [7, 11) is 1.73. The van der Waals surface area contributed by atoms with Crippen LogP contribution in [0.5, 0.6) is 0 Å². The Hall–Kier alpha value is -1.58. The molecule has 0 bridgehead atoms. The second-order valence-corrected chi connectivity index (χ2v) is 5.14. The zero-order chi connectivity index (χ0) is 12.3. The van der Waals surface area contributed by atoms with Crippen molar-refractivity contribution in [2.45, 2.75) is 27.2 Å². The molecule has 0 unspecified atom stereocenters. The molecule has 1 amide bonds. The zero-order valence-electron chi connectivity index (χ0n) is 10.3. The molecule has 4 heteroatoms. The van der Waals surface area contributed by atoms with Crippen LogP contribution >= 0.6 is 0 Å². The Labute approximate surface area is 96.5 Å². The number of nitrogens with zero attached hydrogens (tertiary/aromatic N) is 2. The van der Waals surface area contributed by atoms with Crippen LogP contribution in [0.4, 0.5) is 11.5 Å². The fraction of sp³-hybridized carbons (Fsp3) is 0.500. The molecular weight excluding hydrogens is 202 g/mol. The van der Waals surface area contributed by atoms with Crippen molar-refractivity contribution in [1.29, 1.82) is 0 Å². The number of pyridine rings is 1. The molecule has 0 spiro atoms. The summed E-state index contributed by atoms with van der Waals surface area (Å²) in [4.78, 5) is 17.6. The van der Waals surface area contributed by atoms with Gasteiger partial charge in [0.1, 0.15) is 5.82 Å². The highest BCUT2D eigenvalue weighted by Crippen LogP contribution is 2.21. The molecule has 0 atom stereocenters. The number of rotatable bonds is 2. The van der Waals surface area contributed by atoms with Gasteiger partial charge in [-0.1, -0.05) is 20.8 Å². The van der Waals surface area contributed by atoms with Crippen LogP contribution in [-0.4, -0.2) is 17.9 Å². The van der Waals surface area contributed by atoms with Crippen LogP contribution in [0.2, 0.25) is 0 Å². The van der Waals surface area contributed by atoms with Crippen LogP contribution in [0.15, 0.2) is 18.3 Å². The van der Waals surface area contributed by atoms with Gasteiger partial charge in [-0.25, -0.2) is 4.98 Å². The van der Waals surface area contributed by atoms with E-state index in [9.17, 15) is 4.79 Å². The normalized spacial score (nSPS) is 11.2. The monoisotopic (exact) mass is 221 g/mol. The number of amides is 1. The first kappa shape index (κ1) is 12.5. The predicted molar refractivity (Wildman–Crippen MR) is 66.1 cm³/mol. The summed E-state index contributed by atoms with van der Waals surface area (Å²) in [5.41, 5.74) is 6.12. The molecule has 16 heavy (non-hydrogen) atoms. The van der Waals surface area contributed by atoms with E-state index in [0.29, 0.717) is 17.9 Å². The molecule has 0 aromatic carbocycles. The Bertz CT molecular complexity index is 365. The lowest BCUT2D eigenvalue weighted by molar-refractivity contribution is -0.120. The largest absolute Gasteiger partial charge is 0.397 e. The molecule has 1 aromatic heterocycles. The standard InChI is InChI=1S/C12H19N3O/c1-12(2,3)7-11(16)15(4)10-6-5-9(13)8-14-10/h5-6,8H,7,13H2,1-4H3. The zero-order valence-corrected chi connectivity index (χ0v) is 10.3. The minimum atomic E-state index is -0.0147. The lowest BCUT2D eigenvalue weighted by Crippen LogP contribution is -2.30. The van der Waals surface area contributed by atoms with E-state index in [1.165, 1.54) is 0 Å². The van der Waals surface area contributed by atoms with Gasteiger partial charge >= 0.3 is 0 Å².